The van der Waals surface area contributed by atoms with Gasteiger partial charge in [0.05, 0.1) is 6.61 Å². The van der Waals surface area contributed by atoms with Crippen molar-refractivity contribution in [1.29, 1.82) is 0 Å². The van der Waals surface area contributed by atoms with Gasteiger partial charge in [-0.1, -0.05) is 32.9 Å². The predicted molar refractivity (Wildman–Crippen MR) is 67.3 cm³/mol. The first-order valence-corrected chi connectivity index (χ1v) is 5.78. The second-order valence-corrected chi connectivity index (χ2v) is 3.03. The number of hydrogen-bond donors (Lipinski definition) is 2. The van der Waals surface area contributed by atoms with Gasteiger partial charge >= 0.3 is 0 Å². The molecule has 2 N–H and O–H groups in total. The van der Waals surface area contributed by atoms with E-state index in [0.717, 1.165) is 24.2 Å². The molecule has 0 saturated carbocycles. The van der Waals surface area contributed by atoms with E-state index in [1.165, 1.54) is 5.56 Å². The summed E-state index contributed by atoms with van der Waals surface area (Å²) in [6, 6.07) is 6.18. The molecule has 0 fully saturated rings. The van der Waals surface area contributed by atoms with Crippen LogP contribution in [-0.4, -0.2) is 11.7 Å². The summed E-state index contributed by atoms with van der Waals surface area (Å²) in [6.45, 7) is 9.16. The van der Waals surface area contributed by atoms with Gasteiger partial charge < -0.3 is 10.4 Å². The first-order valence-electron chi connectivity index (χ1n) is 5.78. The third-order valence-corrected chi connectivity index (χ3v) is 2.12. The zero-order valence-corrected chi connectivity index (χ0v) is 10.3. The molecule has 0 saturated heterocycles. The fourth-order valence-electron chi connectivity index (χ4n) is 1.36. The average Bonchev–Trinajstić information content (AvgIpc) is 2.32. The molecule has 0 spiro atoms. The van der Waals surface area contributed by atoms with Crippen LogP contribution in [0.2, 0.25) is 0 Å². The van der Waals surface area contributed by atoms with Crippen molar-refractivity contribution in [2.24, 2.45) is 0 Å². The number of rotatable bonds is 4. The minimum atomic E-state index is 0.107. The lowest BCUT2D eigenvalue weighted by atomic mass is 10.1. The molecule has 0 aliphatic carbocycles. The lowest BCUT2D eigenvalue weighted by molar-refractivity contribution is 0.282. The van der Waals surface area contributed by atoms with E-state index < -0.39 is 0 Å². The Labute approximate surface area is 93.3 Å². The minimum absolute atomic E-state index is 0.107. The second-order valence-electron chi connectivity index (χ2n) is 3.03. The molecule has 2 nitrogen and oxygen atoms in total. The van der Waals surface area contributed by atoms with E-state index in [-0.39, 0.29) is 6.61 Å². The van der Waals surface area contributed by atoms with Crippen LogP contribution in [0, 0.1) is 0 Å². The lowest BCUT2D eigenvalue weighted by Gasteiger charge is -2.09. The van der Waals surface area contributed by atoms with Crippen molar-refractivity contribution in [3.8, 4) is 0 Å². The van der Waals surface area contributed by atoms with E-state index in [1.807, 2.05) is 19.9 Å². The van der Waals surface area contributed by atoms with Crippen LogP contribution < -0.4 is 5.32 Å². The predicted octanol–water partition coefficient (Wildman–Crippen LogP) is 3.20. The summed E-state index contributed by atoms with van der Waals surface area (Å²) in [5.41, 5.74) is 3.30. The topological polar surface area (TPSA) is 32.3 Å². The summed E-state index contributed by atoms with van der Waals surface area (Å²) in [7, 11) is 0. The molecular formula is C13H23NO. The van der Waals surface area contributed by atoms with E-state index in [4.69, 9.17) is 5.11 Å². The molecule has 1 aromatic rings. The van der Waals surface area contributed by atoms with Gasteiger partial charge in [0.25, 0.3) is 0 Å². The van der Waals surface area contributed by atoms with E-state index in [2.05, 4.69) is 31.3 Å². The van der Waals surface area contributed by atoms with Gasteiger partial charge in [0.2, 0.25) is 0 Å². The van der Waals surface area contributed by atoms with Crippen LogP contribution in [0.4, 0.5) is 5.69 Å². The van der Waals surface area contributed by atoms with Crippen LogP contribution in [0.3, 0.4) is 0 Å². The quantitative estimate of drug-likeness (QED) is 0.798. The fourth-order valence-corrected chi connectivity index (χ4v) is 1.36. The van der Waals surface area contributed by atoms with Gasteiger partial charge in [-0.25, -0.2) is 0 Å². The van der Waals surface area contributed by atoms with Gasteiger partial charge in [-0.2, -0.15) is 0 Å². The number of nitrogens with one attached hydrogen (secondary N) is 1. The van der Waals surface area contributed by atoms with Gasteiger partial charge in [0, 0.05) is 17.8 Å². The van der Waals surface area contributed by atoms with E-state index in [9.17, 15) is 0 Å². The Hall–Kier alpha value is -1.02. The molecule has 0 aromatic heterocycles. The Morgan fingerprint density at radius 2 is 1.87 bits per heavy atom. The molecule has 0 bridgehead atoms. The van der Waals surface area contributed by atoms with Gasteiger partial charge in [0.1, 0.15) is 0 Å². The van der Waals surface area contributed by atoms with Gasteiger partial charge in [0.15, 0.2) is 0 Å². The fraction of sp³-hybridized carbons (Fsp3) is 0.538. The number of benzene rings is 1. The van der Waals surface area contributed by atoms with Crippen molar-refractivity contribution in [2.75, 3.05) is 11.9 Å². The van der Waals surface area contributed by atoms with Crippen LogP contribution >= 0.6 is 0 Å². The highest BCUT2D eigenvalue weighted by Gasteiger charge is 2.00. The molecule has 1 aromatic carbocycles. The molecule has 0 amide bonds. The molecule has 0 aliphatic rings. The zero-order chi connectivity index (χ0) is 11.7. The lowest BCUT2D eigenvalue weighted by Crippen LogP contribution is -2.01. The van der Waals surface area contributed by atoms with Crippen LogP contribution in [0.15, 0.2) is 18.2 Å². The van der Waals surface area contributed by atoms with Crippen molar-refractivity contribution < 1.29 is 5.11 Å². The highest BCUT2D eigenvalue weighted by Crippen LogP contribution is 2.17. The number of aryl methyl sites for hydroxylation is 1. The van der Waals surface area contributed by atoms with E-state index in [1.54, 1.807) is 0 Å². The summed E-state index contributed by atoms with van der Waals surface area (Å²) in [5.74, 6) is 0. The minimum Gasteiger partial charge on any atom is -0.392 e. The molecule has 0 atom stereocenters. The van der Waals surface area contributed by atoms with Crippen LogP contribution in [0.5, 0.6) is 0 Å². The molecular weight excluding hydrogens is 186 g/mol. The highest BCUT2D eigenvalue weighted by atomic mass is 16.3. The maximum atomic E-state index is 9.13. The van der Waals surface area contributed by atoms with Crippen LogP contribution in [0.25, 0.3) is 0 Å². The Kier molecular flexibility index (Phi) is 7.74. The number of anilines is 1. The van der Waals surface area contributed by atoms with Crippen molar-refractivity contribution in [2.45, 2.75) is 40.7 Å². The Morgan fingerprint density at radius 1 is 1.20 bits per heavy atom. The maximum absolute atomic E-state index is 9.13. The first kappa shape index (κ1) is 14.0. The zero-order valence-electron chi connectivity index (χ0n) is 10.3. The van der Waals surface area contributed by atoms with Gasteiger partial charge in [-0.05, 0) is 25.0 Å². The number of aliphatic hydroxyl groups excluding tert-OH is 1. The third-order valence-electron chi connectivity index (χ3n) is 2.12. The summed E-state index contributed by atoms with van der Waals surface area (Å²) in [4.78, 5) is 0. The molecule has 2 heteroatoms. The molecule has 0 radical (unpaired) electrons. The molecule has 15 heavy (non-hydrogen) atoms. The maximum Gasteiger partial charge on any atom is 0.0702 e. The van der Waals surface area contributed by atoms with E-state index >= 15 is 0 Å². The second kappa shape index (κ2) is 8.30. The molecule has 86 valence electrons. The number of aliphatic hydroxyl groups is 1. The van der Waals surface area contributed by atoms with E-state index in [0.29, 0.717) is 0 Å². The monoisotopic (exact) mass is 209 g/mol. The average molecular weight is 209 g/mol. The summed E-state index contributed by atoms with van der Waals surface area (Å²) >= 11 is 0. The molecule has 1 rings (SSSR count). The third kappa shape index (κ3) is 4.34. The molecule has 0 aliphatic heterocycles. The van der Waals surface area contributed by atoms with Crippen molar-refractivity contribution in [3.05, 3.63) is 29.3 Å². The molecule has 0 heterocycles. The number of hydrogen-bond acceptors (Lipinski definition) is 2. The van der Waals surface area contributed by atoms with Gasteiger partial charge in [-0.3, -0.25) is 0 Å². The van der Waals surface area contributed by atoms with Crippen LogP contribution in [-0.2, 0) is 13.0 Å². The smallest absolute Gasteiger partial charge is 0.0702 e. The summed E-state index contributed by atoms with van der Waals surface area (Å²) in [6.07, 6.45) is 1.01. The largest absolute Gasteiger partial charge is 0.392 e. The van der Waals surface area contributed by atoms with Crippen molar-refractivity contribution in [3.63, 3.8) is 0 Å². The first-order chi connectivity index (χ1) is 7.31. The Balaban J connectivity index is 0.000000921. The van der Waals surface area contributed by atoms with Gasteiger partial charge in [-0.15, -0.1) is 0 Å². The SMILES string of the molecule is CC.CCNc1ccc(CC)cc1CO. The Morgan fingerprint density at radius 3 is 2.33 bits per heavy atom. The standard InChI is InChI=1S/C11H17NO.C2H6/c1-3-9-5-6-11(12-4-2)10(7-9)8-13;1-2/h5-7,12-13H,3-4,8H2,1-2H3;1-2H3. The normalized spacial score (nSPS) is 9.13. The van der Waals surface area contributed by atoms with Crippen LogP contribution in [0.1, 0.15) is 38.8 Å². The highest BCUT2D eigenvalue weighted by molar-refractivity contribution is 5.52. The van der Waals surface area contributed by atoms with Crippen molar-refractivity contribution >= 4 is 5.69 Å². The summed E-state index contributed by atoms with van der Waals surface area (Å²) in [5, 5.41) is 12.3. The summed E-state index contributed by atoms with van der Waals surface area (Å²) < 4.78 is 0. The van der Waals surface area contributed by atoms with Crippen molar-refractivity contribution in [1.82, 2.24) is 0 Å². The Bertz CT molecular complexity index is 271. The molecule has 0 unspecified atom stereocenters.